The second kappa shape index (κ2) is 8.92. The van der Waals surface area contributed by atoms with Gasteiger partial charge in [0.1, 0.15) is 0 Å². The highest BCUT2D eigenvalue weighted by atomic mass is 35.5. The zero-order chi connectivity index (χ0) is 23.0. The number of hydrogen-bond acceptors (Lipinski definition) is 4. The molecule has 2 aliphatic rings. The number of aromatic nitrogens is 1. The number of carbonyl (C=O) groups excluding carboxylic acids is 2. The van der Waals surface area contributed by atoms with Gasteiger partial charge in [-0.15, -0.1) is 0 Å². The van der Waals surface area contributed by atoms with E-state index in [4.69, 9.17) is 11.6 Å². The Hall–Kier alpha value is -2.30. The molecule has 1 aromatic heterocycles. The molecule has 3 heterocycles. The van der Waals surface area contributed by atoms with Gasteiger partial charge in [-0.05, 0) is 37.1 Å². The Balaban J connectivity index is 1.29. The number of H-pyrrole nitrogens is 1. The van der Waals surface area contributed by atoms with Crippen LogP contribution in [0.1, 0.15) is 18.5 Å². The minimum atomic E-state index is -3.25. The van der Waals surface area contributed by atoms with Crippen LogP contribution in [0, 0.1) is 5.92 Å². The summed E-state index contributed by atoms with van der Waals surface area (Å²) in [6.07, 6.45) is 2.78. The normalized spacial score (nSPS) is 20.2. The average Bonchev–Trinajstić information content (AvgIpc) is 3.11. The molecule has 3 amide bonds. The van der Waals surface area contributed by atoms with Gasteiger partial charge in [-0.1, -0.05) is 11.6 Å². The first-order chi connectivity index (χ1) is 15.1. The molecule has 4 rings (SSSR count). The number of carbonyl (C=O) groups is 2. The zero-order valence-corrected chi connectivity index (χ0v) is 19.7. The highest BCUT2D eigenvalue weighted by Gasteiger charge is 2.41. The molecule has 0 unspecified atom stereocenters. The molecule has 0 radical (unpaired) electrons. The molecule has 0 saturated carbocycles. The highest BCUT2D eigenvalue weighted by Crippen LogP contribution is 2.24. The topological polar surface area (TPSA) is 106 Å². The SMILES string of the molecule is CN(C(=O)NCc1cc2cc(Cl)ccc2[nH]1)[C@@H]1CCCN(C(=O)C2CN(S(C)(=O)=O)C2)C1. The van der Waals surface area contributed by atoms with E-state index in [0.29, 0.717) is 24.7 Å². The van der Waals surface area contributed by atoms with Crippen molar-refractivity contribution in [1.82, 2.24) is 24.4 Å². The Bertz CT molecular complexity index is 1130. The van der Waals surface area contributed by atoms with Crippen LogP contribution in [0.15, 0.2) is 24.3 Å². The molecule has 0 bridgehead atoms. The predicted molar refractivity (Wildman–Crippen MR) is 123 cm³/mol. The molecule has 32 heavy (non-hydrogen) atoms. The van der Waals surface area contributed by atoms with Gasteiger partial charge in [-0.3, -0.25) is 4.79 Å². The first kappa shape index (κ1) is 22.9. The lowest BCUT2D eigenvalue weighted by Gasteiger charge is -2.42. The Morgan fingerprint density at radius 2 is 2.00 bits per heavy atom. The van der Waals surface area contributed by atoms with Crippen molar-refractivity contribution in [3.63, 3.8) is 0 Å². The number of piperidine rings is 1. The third-order valence-electron chi connectivity index (χ3n) is 6.31. The molecule has 174 valence electrons. The number of urea groups is 1. The second-order valence-electron chi connectivity index (χ2n) is 8.65. The van der Waals surface area contributed by atoms with Crippen LogP contribution in [0.4, 0.5) is 4.79 Å². The summed E-state index contributed by atoms with van der Waals surface area (Å²) in [5.41, 5.74) is 1.84. The van der Waals surface area contributed by atoms with E-state index in [1.807, 2.05) is 24.3 Å². The molecule has 2 saturated heterocycles. The number of halogens is 1. The molecule has 11 heteroatoms. The number of likely N-dealkylation sites (N-methyl/N-ethyl adjacent to an activating group) is 1. The molecule has 2 N–H and O–H groups in total. The molecule has 2 fully saturated rings. The average molecular weight is 482 g/mol. The number of benzene rings is 1. The molecule has 1 aromatic carbocycles. The maximum Gasteiger partial charge on any atom is 0.317 e. The molecular weight excluding hydrogens is 454 g/mol. The number of sulfonamides is 1. The van der Waals surface area contributed by atoms with E-state index in [-0.39, 0.29) is 37.0 Å². The van der Waals surface area contributed by atoms with Gasteiger partial charge >= 0.3 is 6.03 Å². The minimum Gasteiger partial charge on any atom is -0.357 e. The van der Waals surface area contributed by atoms with E-state index in [2.05, 4.69) is 10.3 Å². The maximum absolute atomic E-state index is 12.8. The van der Waals surface area contributed by atoms with Crippen LogP contribution < -0.4 is 5.32 Å². The lowest BCUT2D eigenvalue weighted by atomic mass is 9.98. The van der Waals surface area contributed by atoms with E-state index < -0.39 is 10.0 Å². The molecule has 2 aliphatic heterocycles. The summed E-state index contributed by atoms with van der Waals surface area (Å²) >= 11 is 6.03. The summed E-state index contributed by atoms with van der Waals surface area (Å²) in [4.78, 5) is 32.2. The fraction of sp³-hybridized carbons (Fsp3) is 0.524. The Labute approximate surface area is 192 Å². The fourth-order valence-electron chi connectivity index (χ4n) is 4.31. The minimum absolute atomic E-state index is 0.0276. The third-order valence-corrected chi connectivity index (χ3v) is 7.78. The van der Waals surface area contributed by atoms with Crippen molar-refractivity contribution in [1.29, 1.82) is 0 Å². The van der Waals surface area contributed by atoms with Crippen LogP contribution in [-0.4, -0.2) is 85.0 Å². The van der Waals surface area contributed by atoms with Crippen molar-refractivity contribution in [3.8, 4) is 0 Å². The van der Waals surface area contributed by atoms with Gasteiger partial charge in [-0.25, -0.2) is 17.5 Å². The number of nitrogens with zero attached hydrogens (tertiary/aromatic N) is 3. The first-order valence-electron chi connectivity index (χ1n) is 10.6. The highest BCUT2D eigenvalue weighted by molar-refractivity contribution is 7.88. The number of amides is 3. The molecule has 0 aliphatic carbocycles. The van der Waals surface area contributed by atoms with Crippen molar-refractivity contribution < 1.29 is 18.0 Å². The van der Waals surface area contributed by atoms with Crippen LogP contribution in [0.2, 0.25) is 5.02 Å². The predicted octanol–water partition coefficient (Wildman–Crippen LogP) is 1.85. The second-order valence-corrected chi connectivity index (χ2v) is 11.1. The molecule has 0 spiro atoms. The van der Waals surface area contributed by atoms with Crippen molar-refractivity contribution >= 4 is 44.5 Å². The first-order valence-corrected chi connectivity index (χ1v) is 12.9. The molecular formula is C21H28ClN5O4S. The van der Waals surface area contributed by atoms with E-state index in [0.717, 1.165) is 35.7 Å². The summed E-state index contributed by atoms with van der Waals surface area (Å²) in [6, 6.07) is 7.26. The van der Waals surface area contributed by atoms with Crippen molar-refractivity contribution in [2.75, 3.05) is 39.5 Å². The maximum atomic E-state index is 12.8. The quantitative estimate of drug-likeness (QED) is 0.679. The summed E-state index contributed by atoms with van der Waals surface area (Å²) in [5.74, 6) is -0.321. The van der Waals surface area contributed by atoms with E-state index in [9.17, 15) is 18.0 Å². The van der Waals surface area contributed by atoms with Gasteiger partial charge in [-0.2, -0.15) is 0 Å². The van der Waals surface area contributed by atoms with Crippen LogP contribution in [0.5, 0.6) is 0 Å². The number of nitrogens with one attached hydrogen (secondary N) is 2. The van der Waals surface area contributed by atoms with Crippen molar-refractivity contribution in [2.24, 2.45) is 5.92 Å². The zero-order valence-electron chi connectivity index (χ0n) is 18.2. The van der Waals surface area contributed by atoms with E-state index >= 15 is 0 Å². The Morgan fingerprint density at radius 1 is 1.25 bits per heavy atom. The number of fused-ring (bicyclic) bond motifs is 1. The number of rotatable bonds is 5. The van der Waals surface area contributed by atoms with Crippen LogP contribution in [0.3, 0.4) is 0 Å². The van der Waals surface area contributed by atoms with Crippen LogP contribution in [0.25, 0.3) is 10.9 Å². The van der Waals surface area contributed by atoms with Gasteiger partial charge < -0.3 is 20.1 Å². The summed E-state index contributed by atoms with van der Waals surface area (Å²) in [5, 5.41) is 4.58. The molecule has 1 atom stereocenters. The van der Waals surface area contributed by atoms with Crippen LogP contribution in [-0.2, 0) is 21.4 Å². The standard InChI is InChI=1S/C21H28ClN5O4S/c1-25(21(29)23-10-17-9-14-8-16(22)5-6-19(14)24-17)18-4-3-7-26(13-18)20(28)15-11-27(12-15)32(2,30)31/h5-6,8-9,15,18,24H,3-4,7,10-13H2,1-2H3,(H,23,29)/t18-/m1/s1. The largest absolute Gasteiger partial charge is 0.357 e. The van der Waals surface area contributed by atoms with Gasteiger partial charge in [0.25, 0.3) is 0 Å². The summed E-state index contributed by atoms with van der Waals surface area (Å²) in [7, 11) is -1.50. The fourth-order valence-corrected chi connectivity index (χ4v) is 5.40. The van der Waals surface area contributed by atoms with Crippen LogP contribution >= 0.6 is 11.6 Å². The monoisotopic (exact) mass is 481 g/mol. The molecule has 9 nitrogen and oxygen atoms in total. The van der Waals surface area contributed by atoms with Gasteiger partial charge in [0.2, 0.25) is 15.9 Å². The number of likely N-dealkylation sites (tertiary alicyclic amines) is 1. The Kier molecular flexibility index (Phi) is 6.37. The van der Waals surface area contributed by atoms with Gasteiger partial charge in [0, 0.05) is 54.8 Å². The molecule has 2 aromatic rings. The van der Waals surface area contributed by atoms with Gasteiger partial charge in [0.05, 0.1) is 24.8 Å². The lowest BCUT2D eigenvalue weighted by molar-refractivity contribution is -0.140. The number of hydrogen-bond donors (Lipinski definition) is 2. The van der Waals surface area contributed by atoms with E-state index in [1.54, 1.807) is 16.8 Å². The Morgan fingerprint density at radius 3 is 2.72 bits per heavy atom. The third kappa shape index (κ3) is 4.87. The van der Waals surface area contributed by atoms with Crippen molar-refractivity contribution in [2.45, 2.75) is 25.4 Å². The smallest absolute Gasteiger partial charge is 0.317 e. The van der Waals surface area contributed by atoms with E-state index in [1.165, 1.54) is 4.31 Å². The van der Waals surface area contributed by atoms with Crippen molar-refractivity contribution in [3.05, 3.63) is 35.0 Å². The van der Waals surface area contributed by atoms with Gasteiger partial charge in [0.15, 0.2) is 0 Å². The summed E-state index contributed by atoms with van der Waals surface area (Å²) < 4.78 is 24.4. The number of aromatic amines is 1. The summed E-state index contributed by atoms with van der Waals surface area (Å²) in [6.45, 7) is 1.94. The lowest BCUT2D eigenvalue weighted by Crippen LogP contribution is -2.59.